The van der Waals surface area contributed by atoms with Crippen molar-refractivity contribution >= 4 is 22.5 Å². The summed E-state index contributed by atoms with van der Waals surface area (Å²) >= 11 is 0. The number of amides is 1. The third kappa shape index (κ3) is 2.16. The highest BCUT2D eigenvalue weighted by molar-refractivity contribution is 6.07. The Morgan fingerprint density at radius 1 is 1.15 bits per heavy atom. The van der Waals surface area contributed by atoms with Gasteiger partial charge in [0.25, 0.3) is 5.91 Å². The minimum Gasteiger partial charge on any atom is -0.350 e. The number of nitrogens with one attached hydrogen (secondary N) is 2. The maximum Gasteiger partial charge on any atom is 0.272 e. The van der Waals surface area contributed by atoms with Gasteiger partial charge in [-0.1, -0.05) is 18.2 Å². The molecule has 3 nitrogen and oxygen atoms in total. The van der Waals surface area contributed by atoms with Crippen LogP contribution in [0.5, 0.6) is 0 Å². The number of hydrogen-bond donors (Lipinski definition) is 2. The first-order chi connectivity index (χ1) is 9.65. The summed E-state index contributed by atoms with van der Waals surface area (Å²) in [7, 11) is 0. The zero-order valence-electron chi connectivity index (χ0n) is 10.9. The second-order valence-corrected chi connectivity index (χ2v) is 4.64. The van der Waals surface area contributed by atoms with E-state index in [1.54, 1.807) is 13.0 Å². The van der Waals surface area contributed by atoms with E-state index in [4.69, 9.17) is 0 Å². The molecule has 1 heterocycles. The van der Waals surface area contributed by atoms with Crippen LogP contribution in [0.4, 0.5) is 10.1 Å². The lowest BCUT2D eigenvalue weighted by Crippen LogP contribution is -2.13. The molecule has 0 bridgehead atoms. The van der Waals surface area contributed by atoms with Gasteiger partial charge in [0.2, 0.25) is 0 Å². The number of anilines is 1. The lowest BCUT2D eigenvalue weighted by molar-refractivity contribution is 0.102. The summed E-state index contributed by atoms with van der Waals surface area (Å²) in [4.78, 5) is 15.3. The molecular weight excluding hydrogens is 255 g/mol. The number of hydrogen-bond acceptors (Lipinski definition) is 1. The SMILES string of the molecule is Cc1c(C(=O)Nc2ccccc2)[nH]c2ccc(F)cc12. The summed E-state index contributed by atoms with van der Waals surface area (Å²) in [5, 5.41) is 3.54. The van der Waals surface area contributed by atoms with Gasteiger partial charge < -0.3 is 10.3 Å². The van der Waals surface area contributed by atoms with Crippen LogP contribution in [0, 0.1) is 12.7 Å². The molecule has 1 aromatic heterocycles. The van der Waals surface area contributed by atoms with Crippen molar-refractivity contribution in [2.45, 2.75) is 6.92 Å². The number of para-hydroxylation sites is 1. The van der Waals surface area contributed by atoms with Crippen LogP contribution in [-0.4, -0.2) is 10.9 Å². The van der Waals surface area contributed by atoms with Crippen LogP contribution >= 0.6 is 0 Å². The number of rotatable bonds is 2. The molecule has 0 aliphatic heterocycles. The second-order valence-electron chi connectivity index (χ2n) is 4.64. The molecule has 0 radical (unpaired) electrons. The fourth-order valence-electron chi connectivity index (χ4n) is 2.24. The van der Waals surface area contributed by atoms with Crippen molar-refractivity contribution in [3.05, 3.63) is 65.6 Å². The Labute approximate surface area is 115 Å². The molecule has 0 fully saturated rings. The Hall–Kier alpha value is -2.62. The number of aromatic amines is 1. The molecule has 20 heavy (non-hydrogen) atoms. The molecule has 0 saturated carbocycles. The molecule has 2 N–H and O–H groups in total. The van der Waals surface area contributed by atoms with Crippen LogP contribution in [0.15, 0.2) is 48.5 Å². The summed E-state index contributed by atoms with van der Waals surface area (Å²) in [6.45, 7) is 1.80. The molecule has 100 valence electrons. The van der Waals surface area contributed by atoms with Crippen LogP contribution in [0.25, 0.3) is 10.9 Å². The third-order valence-corrected chi connectivity index (χ3v) is 3.28. The largest absolute Gasteiger partial charge is 0.350 e. The van der Waals surface area contributed by atoms with E-state index < -0.39 is 0 Å². The minimum absolute atomic E-state index is 0.231. The Bertz CT molecular complexity index is 778. The van der Waals surface area contributed by atoms with Gasteiger partial charge in [0.1, 0.15) is 11.5 Å². The molecule has 3 rings (SSSR count). The number of aromatic nitrogens is 1. The normalized spacial score (nSPS) is 10.7. The fraction of sp³-hybridized carbons (Fsp3) is 0.0625. The number of carbonyl (C=O) groups is 1. The molecule has 3 aromatic rings. The standard InChI is InChI=1S/C16H13FN2O/c1-10-13-9-11(17)7-8-14(13)19-15(10)16(20)18-12-5-3-2-4-6-12/h2-9,19H,1H3,(H,18,20). The van der Waals surface area contributed by atoms with Crippen molar-refractivity contribution in [2.75, 3.05) is 5.32 Å². The first-order valence-electron chi connectivity index (χ1n) is 6.29. The Morgan fingerprint density at radius 2 is 1.90 bits per heavy atom. The van der Waals surface area contributed by atoms with Crippen LogP contribution < -0.4 is 5.32 Å². The van der Waals surface area contributed by atoms with Gasteiger partial charge in [-0.2, -0.15) is 0 Å². The van der Waals surface area contributed by atoms with Crippen LogP contribution in [0.1, 0.15) is 16.1 Å². The van der Waals surface area contributed by atoms with E-state index in [9.17, 15) is 9.18 Å². The number of halogens is 1. The first kappa shape index (κ1) is 12.4. The third-order valence-electron chi connectivity index (χ3n) is 3.28. The van der Waals surface area contributed by atoms with E-state index in [2.05, 4.69) is 10.3 Å². The maximum atomic E-state index is 13.3. The number of carbonyl (C=O) groups excluding carboxylic acids is 1. The summed E-state index contributed by atoms with van der Waals surface area (Å²) in [5.41, 5.74) is 2.67. The average Bonchev–Trinajstić information content (AvgIpc) is 2.77. The number of benzene rings is 2. The van der Waals surface area contributed by atoms with E-state index in [1.165, 1.54) is 12.1 Å². The summed E-state index contributed by atoms with van der Waals surface area (Å²) in [6.07, 6.45) is 0. The minimum atomic E-state index is -0.311. The first-order valence-corrected chi connectivity index (χ1v) is 6.29. The molecule has 0 spiro atoms. The molecule has 0 aliphatic carbocycles. The number of fused-ring (bicyclic) bond motifs is 1. The summed E-state index contributed by atoms with van der Waals surface area (Å²) in [5.74, 6) is -0.542. The average molecular weight is 268 g/mol. The van der Waals surface area contributed by atoms with Crippen molar-refractivity contribution in [1.29, 1.82) is 0 Å². The fourth-order valence-corrected chi connectivity index (χ4v) is 2.24. The van der Waals surface area contributed by atoms with Gasteiger partial charge in [-0.15, -0.1) is 0 Å². The van der Waals surface area contributed by atoms with Gasteiger partial charge in [0.15, 0.2) is 0 Å². The molecule has 1 amide bonds. The van der Waals surface area contributed by atoms with E-state index in [-0.39, 0.29) is 11.7 Å². The molecule has 0 saturated heterocycles. The zero-order valence-corrected chi connectivity index (χ0v) is 10.9. The predicted molar refractivity (Wildman–Crippen MR) is 77.4 cm³/mol. The highest BCUT2D eigenvalue weighted by atomic mass is 19.1. The molecule has 0 aliphatic rings. The molecule has 4 heteroatoms. The van der Waals surface area contributed by atoms with Gasteiger partial charge in [-0.25, -0.2) is 4.39 Å². The van der Waals surface area contributed by atoms with Gasteiger partial charge in [0, 0.05) is 16.6 Å². The quantitative estimate of drug-likeness (QED) is 0.728. The van der Waals surface area contributed by atoms with Crippen molar-refractivity contribution in [3.8, 4) is 0 Å². The second kappa shape index (κ2) is 4.81. The Kier molecular flexibility index (Phi) is 2.99. The van der Waals surface area contributed by atoms with E-state index >= 15 is 0 Å². The Morgan fingerprint density at radius 3 is 2.65 bits per heavy atom. The molecule has 0 unspecified atom stereocenters. The topological polar surface area (TPSA) is 44.9 Å². The number of aryl methyl sites for hydroxylation is 1. The van der Waals surface area contributed by atoms with Crippen molar-refractivity contribution < 1.29 is 9.18 Å². The lowest BCUT2D eigenvalue weighted by Gasteiger charge is -2.04. The molecule has 2 aromatic carbocycles. The molecule has 0 atom stereocenters. The molecular formula is C16H13FN2O. The lowest BCUT2D eigenvalue weighted by atomic mass is 10.1. The van der Waals surface area contributed by atoms with Crippen LogP contribution in [-0.2, 0) is 0 Å². The Balaban J connectivity index is 1.98. The number of H-pyrrole nitrogens is 1. The van der Waals surface area contributed by atoms with Crippen molar-refractivity contribution in [1.82, 2.24) is 4.98 Å². The van der Waals surface area contributed by atoms with E-state index in [1.807, 2.05) is 30.3 Å². The van der Waals surface area contributed by atoms with Gasteiger partial charge in [-0.05, 0) is 42.8 Å². The van der Waals surface area contributed by atoms with Crippen molar-refractivity contribution in [2.24, 2.45) is 0 Å². The summed E-state index contributed by atoms with van der Waals surface area (Å²) < 4.78 is 13.3. The van der Waals surface area contributed by atoms with Crippen LogP contribution in [0.2, 0.25) is 0 Å². The highest BCUT2D eigenvalue weighted by Crippen LogP contribution is 2.23. The smallest absolute Gasteiger partial charge is 0.272 e. The van der Waals surface area contributed by atoms with Crippen LogP contribution in [0.3, 0.4) is 0 Å². The monoisotopic (exact) mass is 268 g/mol. The van der Waals surface area contributed by atoms with Gasteiger partial charge in [-0.3, -0.25) is 4.79 Å². The summed E-state index contributed by atoms with van der Waals surface area (Å²) in [6, 6.07) is 13.7. The van der Waals surface area contributed by atoms with E-state index in [0.29, 0.717) is 5.69 Å². The van der Waals surface area contributed by atoms with E-state index in [0.717, 1.165) is 22.2 Å². The van der Waals surface area contributed by atoms with Gasteiger partial charge in [0.05, 0.1) is 0 Å². The van der Waals surface area contributed by atoms with Gasteiger partial charge >= 0.3 is 0 Å². The predicted octanol–water partition coefficient (Wildman–Crippen LogP) is 3.87. The van der Waals surface area contributed by atoms with Crippen molar-refractivity contribution in [3.63, 3.8) is 0 Å². The highest BCUT2D eigenvalue weighted by Gasteiger charge is 2.15. The maximum absolute atomic E-state index is 13.3. The zero-order chi connectivity index (χ0) is 14.1.